The number of aromatic nitrogens is 1. The fraction of sp³-hybridized carbons (Fsp3) is 0.300. The van der Waals surface area contributed by atoms with Gasteiger partial charge in [-0.05, 0) is 42.8 Å². The molecule has 1 spiro atoms. The molecule has 2 aliphatic heterocycles. The predicted molar refractivity (Wildman–Crippen MR) is 95.3 cm³/mol. The Morgan fingerprint density at radius 2 is 1.85 bits per heavy atom. The Morgan fingerprint density at radius 3 is 2.54 bits per heavy atom. The van der Waals surface area contributed by atoms with E-state index in [2.05, 4.69) is 11.1 Å². The highest BCUT2D eigenvalue weighted by atomic mass is 16.2. The molecule has 3 heterocycles. The van der Waals surface area contributed by atoms with Crippen molar-refractivity contribution in [2.24, 2.45) is 5.41 Å². The Kier molecular flexibility index (Phi) is 3.92. The number of nitriles is 1. The zero-order valence-electron chi connectivity index (χ0n) is 14.3. The Bertz CT molecular complexity index is 888. The molecular weight excluding hydrogens is 328 g/mol. The molecule has 1 aromatic carbocycles. The van der Waals surface area contributed by atoms with Crippen molar-refractivity contribution in [3.05, 3.63) is 59.9 Å². The number of hydrogen-bond acceptors (Lipinski definition) is 4. The lowest BCUT2D eigenvalue weighted by molar-refractivity contribution is -0.117. The molecule has 6 nitrogen and oxygen atoms in total. The van der Waals surface area contributed by atoms with Crippen LogP contribution in [-0.4, -0.2) is 41.3 Å². The van der Waals surface area contributed by atoms with Gasteiger partial charge in [0.2, 0.25) is 5.91 Å². The number of pyridine rings is 1. The Labute approximate surface area is 151 Å². The van der Waals surface area contributed by atoms with Crippen molar-refractivity contribution in [1.82, 2.24) is 9.88 Å². The molecular formula is C20H18N4O2. The summed E-state index contributed by atoms with van der Waals surface area (Å²) in [6.45, 7) is 1.86. The van der Waals surface area contributed by atoms with Crippen LogP contribution >= 0.6 is 0 Å². The molecule has 2 fully saturated rings. The zero-order chi connectivity index (χ0) is 18.1. The van der Waals surface area contributed by atoms with Gasteiger partial charge >= 0.3 is 0 Å². The van der Waals surface area contributed by atoms with Gasteiger partial charge in [0.25, 0.3) is 5.91 Å². The van der Waals surface area contributed by atoms with Crippen LogP contribution < -0.4 is 4.90 Å². The minimum Gasteiger partial charge on any atom is -0.338 e. The normalized spacial score (nSPS) is 22.0. The highest BCUT2D eigenvalue weighted by Crippen LogP contribution is 2.42. The van der Waals surface area contributed by atoms with Gasteiger partial charge < -0.3 is 9.80 Å². The summed E-state index contributed by atoms with van der Waals surface area (Å²) in [6.07, 6.45) is 4.51. The minimum atomic E-state index is -0.187. The number of likely N-dealkylation sites (tertiary alicyclic amines) is 1. The molecule has 2 aliphatic rings. The van der Waals surface area contributed by atoms with Crippen LogP contribution in [0.4, 0.5) is 5.69 Å². The Hall–Kier alpha value is -3.20. The number of nitrogens with zero attached hydrogens (tertiary/aromatic N) is 4. The Balaban J connectivity index is 1.49. The lowest BCUT2D eigenvalue weighted by Gasteiger charge is -2.24. The predicted octanol–water partition coefficient (Wildman–Crippen LogP) is 2.22. The first-order valence-corrected chi connectivity index (χ1v) is 8.60. The standard InChI is InChI=1S/C20H18N4O2/c21-12-15-1-3-17(4-2-15)24-14-20(11-18(24)25)7-10-23(13-20)19(26)16-5-8-22-9-6-16/h1-6,8-9H,7,10-11,13-14H2. The van der Waals surface area contributed by atoms with E-state index in [1.54, 1.807) is 41.6 Å². The molecule has 26 heavy (non-hydrogen) atoms. The molecule has 2 saturated heterocycles. The second-order valence-electron chi connectivity index (χ2n) is 7.03. The van der Waals surface area contributed by atoms with Crippen LogP contribution in [0, 0.1) is 16.7 Å². The maximum Gasteiger partial charge on any atom is 0.253 e. The number of rotatable bonds is 2. The minimum absolute atomic E-state index is 0.00597. The van der Waals surface area contributed by atoms with Crippen LogP contribution in [0.3, 0.4) is 0 Å². The van der Waals surface area contributed by atoms with E-state index in [4.69, 9.17) is 5.26 Å². The summed E-state index contributed by atoms with van der Waals surface area (Å²) in [5, 5.41) is 8.92. The molecule has 6 heteroatoms. The average molecular weight is 346 g/mol. The van der Waals surface area contributed by atoms with Crippen LogP contribution in [0.2, 0.25) is 0 Å². The number of benzene rings is 1. The van der Waals surface area contributed by atoms with Crippen LogP contribution in [0.1, 0.15) is 28.8 Å². The highest BCUT2D eigenvalue weighted by molar-refractivity contribution is 5.97. The van der Waals surface area contributed by atoms with Crippen molar-refractivity contribution in [3.8, 4) is 6.07 Å². The van der Waals surface area contributed by atoms with Crippen LogP contribution in [-0.2, 0) is 4.79 Å². The summed E-state index contributed by atoms with van der Waals surface area (Å²) in [4.78, 5) is 32.8. The van der Waals surface area contributed by atoms with Gasteiger partial charge in [0.1, 0.15) is 0 Å². The lowest BCUT2D eigenvalue weighted by atomic mass is 9.86. The zero-order valence-corrected chi connectivity index (χ0v) is 14.3. The first-order valence-electron chi connectivity index (χ1n) is 8.60. The Morgan fingerprint density at radius 1 is 1.12 bits per heavy atom. The summed E-state index contributed by atoms with van der Waals surface area (Å²) in [7, 11) is 0. The van der Waals surface area contributed by atoms with Crippen molar-refractivity contribution in [1.29, 1.82) is 5.26 Å². The third-order valence-electron chi connectivity index (χ3n) is 5.28. The smallest absolute Gasteiger partial charge is 0.253 e. The lowest BCUT2D eigenvalue weighted by Crippen LogP contribution is -2.34. The monoisotopic (exact) mass is 346 g/mol. The summed E-state index contributed by atoms with van der Waals surface area (Å²) < 4.78 is 0. The number of carbonyl (C=O) groups is 2. The largest absolute Gasteiger partial charge is 0.338 e. The quantitative estimate of drug-likeness (QED) is 0.835. The second kappa shape index (κ2) is 6.26. The summed E-state index contributed by atoms with van der Waals surface area (Å²) in [6, 6.07) is 12.6. The van der Waals surface area contributed by atoms with Gasteiger partial charge in [-0.2, -0.15) is 5.26 Å². The maximum atomic E-state index is 12.7. The van der Waals surface area contributed by atoms with Gasteiger partial charge in [-0.3, -0.25) is 14.6 Å². The highest BCUT2D eigenvalue weighted by Gasteiger charge is 2.48. The molecule has 4 rings (SSSR count). The van der Waals surface area contributed by atoms with E-state index in [0.29, 0.717) is 37.2 Å². The van der Waals surface area contributed by atoms with E-state index in [0.717, 1.165) is 12.1 Å². The molecule has 0 radical (unpaired) electrons. The molecule has 1 aromatic heterocycles. The molecule has 130 valence electrons. The molecule has 0 saturated carbocycles. The van der Waals surface area contributed by atoms with Crippen LogP contribution in [0.15, 0.2) is 48.8 Å². The van der Waals surface area contributed by atoms with Gasteiger partial charge in [-0.1, -0.05) is 0 Å². The van der Waals surface area contributed by atoms with E-state index >= 15 is 0 Å². The number of amides is 2. The van der Waals surface area contributed by atoms with Crippen LogP contribution in [0.25, 0.3) is 0 Å². The van der Waals surface area contributed by atoms with Crippen LogP contribution in [0.5, 0.6) is 0 Å². The third-order valence-corrected chi connectivity index (χ3v) is 5.28. The molecule has 0 bridgehead atoms. The van der Waals surface area contributed by atoms with E-state index in [9.17, 15) is 9.59 Å². The fourth-order valence-corrected chi connectivity index (χ4v) is 3.91. The van der Waals surface area contributed by atoms with E-state index < -0.39 is 0 Å². The second-order valence-corrected chi connectivity index (χ2v) is 7.03. The molecule has 1 unspecified atom stereocenters. The van der Waals surface area contributed by atoms with Crippen molar-refractivity contribution >= 4 is 17.5 Å². The topological polar surface area (TPSA) is 77.3 Å². The third kappa shape index (κ3) is 2.82. The SMILES string of the molecule is N#Cc1ccc(N2CC3(CCN(C(=O)c4ccncc4)C3)CC2=O)cc1. The summed E-state index contributed by atoms with van der Waals surface area (Å²) in [5.74, 6) is 0.0708. The molecule has 1 atom stereocenters. The molecule has 0 N–H and O–H groups in total. The summed E-state index contributed by atoms with van der Waals surface area (Å²) >= 11 is 0. The van der Waals surface area contributed by atoms with Crippen molar-refractivity contribution < 1.29 is 9.59 Å². The molecule has 2 aromatic rings. The van der Waals surface area contributed by atoms with Gasteiger partial charge in [-0.15, -0.1) is 0 Å². The number of hydrogen-bond donors (Lipinski definition) is 0. The van der Waals surface area contributed by atoms with Crippen molar-refractivity contribution in [3.63, 3.8) is 0 Å². The van der Waals surface area contributed by atoms with Gasteiger partial charge in [0, 0.05) is 55.1 Å². The number of carbonyl (C=O) groups excluding carboxylic acids is 2. The van der Waals surface area contributed by atoms with Crippen molar-refractivity contribution in [2.45, 2.75) is 12.8 Å². The van der Waals surface area contributed by atoms with Gasteiger partial charge in [-0.25, -0.2) is 0 Å². The average Bonchev–Trinajstić information content (AvgIpc) is 3.25. The summed E-state index contributed by atoms with van der Waals surface area (Å²) in [5.41, 5.74) is 1.83. The molecule has 2 amide bonds. The van der Waals surface area contributed by atoms with Gasteiger partial charge in [0.15, 0.2) is 0 Å². The first-order chi connectivity index (χ1) is 12.6. The fourth-order valence-electron chi connectivity index (χ4n) is 3.91. The van der Waals surface area contributed by atoms with E-state index in [1.807, 2.05) is 17.0 Å². The number of anilines is 1. The van der Waals surface area contributed by atoms with E-state index in [-0.39, 0.29) is 17.2 Å². The van der Waals surface area contributed by atoms with Gasteiger partial charge in [0.05, 0.1) is 11.6 Å². The molecule has 0 aliphatic carbocycles. The maximum absolute atomic E-state index is 12.7. The first kappa shape index (κ1) is 16.3. The van der Waals surface area contributed by atoms with Crippen molar-refractivity contribution in [2.75, 3.05) is 24.5 Å². The van der Waals surface area contributed by atoms with E-state index in [1.165, 1.54) is 0 Å².